The minimum absolute atomic E-state index is 0.0483. The molecule has 1 aromatic rings. The van der Waals surface area contributed by atoms with Crippen molar-refractivity contribution in [2.45, 2.75) is 12.8 Å². The van der Waals surface area contributed by atoms with E-state index in [4.69, 9.17) is 5.11 Å². The van der Waals surface area contributed by atoms with Crippen LogP contribution in [0.25, 0.3) is 0 Å². The van der Waals surface area contributed by atoms with Crippen molar-refractivity contribution in [2.24, 2.45) is 0 Å². The summed E-state index contributed by atoms with van der Waals surface area (Å²) in [6.45, 7) is 0.834. The molecule has 0 aliphatic rings. The molecule has 0 bridgehead atoms. The lowest BCUT2D eigenvalue weighted by Crippen LogP contribution is -2.05. The molecule has 0 atom stereocenters. The van der Waals surface area contributed by atoms with Crippen LogP contribution in [0.1, 0.15) is 12.8 Å². The fourth-order valence-corrected chi connectivity index (χ4v) is 1.58. The zero-order valence-electron chi connectivity index (χ0n) is 8.52. The summed E-state index contributed by atoms with van der Waals surface area (Å²) in [5.74, 6) is 0.573. The van der Waals surface area contributed by atoms with Gasteiger partial charge in [0.2, 0.25) is 0 Å². The van der Waals surface area contributed by atoms with Gasteiger partial charge in [0.1, 0.15) is 12.0 Å². The predicted octanol–water partition coefficient (Wildman–Crippen LogP) is 1.94. The average molecular weight is 290 g/mol. The Kier molecular flexibility index (Phi) is 5.13. The summed E-state index contributed by atoms with van der Waals surface area (Å²) in [4.78, 5) is 13.9. The van der Waals surface area contributed by atoms with Gasteiger partial charge in [-0.2, -0.15) is 0 Å². The van der Waals surface area contributed by atoms with E-state index >= 15 is 0 Å². The number of halogens is 1. The number of unbranched alkanes of at least 4 members (excludes halogenated alkanes) is 1. The zero-order valence-corrected chi connectivity index (χ0v) is 10.1. The van der Waals surface area contributed by atoms with Gasteiger partial charge in [-0.1, -0.05) is 0 Å². The molecule has 0 radical (unpaired) electrons. The number of hydrogen-bond acceptors (Lipinski definition) is 5. The summed E-state index contributed by atoms with van der Waals surface area (Å²) < 4.78 is 0.561. The quantitative estimate of drug-likeness (QED) is 0.475. The van der Waals surface area contributed by atoms with Crippen LogP contribution in [0.3, 0.4) is 0 Å². The van der Waals surface area contributed by atoms with E-state index < -0.39 is 4.92 Å². The summed E-state index contributed by atoms with van der Waals surface area (Å²) in [7, 11) is 0. The number of hydrogen-bond donors (Lipinski definition) is 2. The zero-order chi connectivity index (χ0) is 12.0. The van der Waals surface area contributed by atoms with Crippen LogP contribution in [0, 0.1) is 10.1 Å². The van der Waals surface area contributed by atoms with E-state index in [0.29, 0.717) is 16.8 Å². The lowest BCUT2D eigenvalue weighted by Gasteiger charge is -2.06. The Bertz CT molecular complexity index is 373. The number of nitrogens with one attached hydrogen (secondary N) is 1. The number of nitrogens with zero attached hydrogens (tertiary/aromatic N) is 2. The molecule has 0 saturated heterocycles. The van der Waals surface area contributed by atoms with E-state index in [2.05, 4.69) is 26.2 Å². The second-order valence-corrected chi connectivity index (χ2v) is 3.99. The van der Waals surface area contributed by atoms with Gasteiger partial charge in [-0.3, -0.25) is 10.1 Å². The third-order valence-corrected chi connectivity index (χ3v) is 2.52. The van der Waals surface area contributed by atoms with Gasteiger partial charge in [0, 0.05) is 19.2 Å². The maximum atomic E-state index is 10.5. The average Bonchev–Trinajstić information content (AvgIpc) is 2.26. The van der Waals surface area contributed by atoms with Crippen molar-refractivity contribution in [3.05, 3.63) is 26.9 Å². The number of aliphatic hydroxyl groups is 1. The summed E-state index contributed by atoms with van der Waals surface area (Å²) in [6, 6.07) is 1.40. The molecular weight excluding hydrogens is 278 g/mol. The largest absolute Gasteiger partial charge is 0.396 e. The Morgan fingerprint density at radius 1 is 1.56 bits per heavy atom. The van der Waals surface area contributed by atoms with Gasteiger partial charge in [-0.25, -0.2) is 4.98 Å². The Hall–Kier alpha value is -1.21. The van der Waals surface area contributed by atoms with Crippen LogP contribution in [0.2, 0.25) is 0 Å². The molecule has 2 N–H and O–H groups in total. The predicted molar refractivity (Wildman–Crippen MR) is 63.4 cm³/mol. The van der Waals surface area contributed by atoms with Crippen molar-refractivity contribution in [3.63, 3.8) is 0 Å². The monoisotopic (exact) mass is 289 g/mol. The first-order valence-corrected chi connectivity index (χ1v) is 5.59. The Balaban J connectivity index is 2.57. The Labute approximate surface area is 101 Å². The van der Waals surface area contributed by atoms with Crippen LogP contribution in [0.5, 0.6) is 0 Å². The lowest BCUT2D eigenvalue weighted by atomic mass is 10.3. The van der Waals surface area contributed by atoms with Crippen molar-refractivity contribution >= 4 is 27.4 Å². The van der Waals surface area contributed by atoms with E-state index in [0.717, 1.165) is 12.8 Å². The highest BCUT2D eigenvalue weighted by atomic mass is 79.9. The number of nitro groups is 1. The van der Waals surface area contributed by atoms with Crippen molar-refractivity contribution in [1.29, 1.82) is 0 Å². The molecule has 1 rings (SSSR count). The summed E-state index contributed by atoms with van der Waals surface area (Å²) in [5.41, 5.74) is -0.0483. The molecule has 88 valence electrons. The summed E-state index contributed by atoms with van der Waals surface area (Å²) >= 11 is 3.21. The van der Waals surface area contributed by atoms with E-state index in [1.54, 1.807) is 0 Å². The minimum atomic E-state index is -0.493. The van der Waals surface area contributed by atoms with Gasteiger partial charge in [0.25, 0.3) is 5.69 Å². The second-order valence-electron chi connectivity index (χ2n) is 3.14. The van der Waals surface area contributed by atoms with E-state index in [1.807, 2.05) is 0 Å². The Morgan fingerprint density at radius 2 is 2.31 bits per heavy atom. The summed E-state index contributed by atoms with van der Waals surface area (Å²) in [5, 5.41) is 22.1. The van der Waals surface area contributed by atoms with Crippen molar-refractivity contribution in [3.8, 4) is 0 Å². The fraction of sp³-hybridized carbons (Fsp3) is 0.444. The molecule has 0 amide bonds. The van der Waals surface area contributed by atoms with Crippen LogP contribution in [-0.2, 0) is 0 Å². The molecule has 7 heteroatoms. The van der Waals surface area contributed by atoms with E-state index in [-0.39, 0.29) is 12.3 Å². The highest BCUT2D eigenvalue weighted by Gasteiger charge is 2.09. The first-order chi connectivity index (χ1) is 7.65. The minimum Gasteiger partial charge on any atom is -0.396 e. The van der Waals surface area contributed by atoms with Crippen molar-refractivity contribution in [2.75, 3.05) is 18.5 Å². The molecule has 1 aromatic heterocycles. The molecule has 0 fully saturated rings. The maximum Gasteiger partial charge on any atom is 0.288 e. The van der Waals surface area contributed by atoms with Gasteiger partial charge in [-0.05, 0) is 28.8 Å². The van der Waals surface area contributed by atoms with Crippen LogP contribution in [-0.4, -0.2) is 28.2 Å². The standard InChI is InChI=1S/C9H12BrN3O3/c10-8-5-7(13(15)16)6-12-9(8)11-3-1-2-4-14/h5-6,14H,1-4H2,(H,11,12). The molecule has 0 aliphatic heterocycles. The molecule has 6 nitrogen and oxygen atoms in total. The van der Waals surface area contributed by atoms with Crippen LogP contribution in [0.4, 0.5) is 11.5 Å². The van der Waals surface area contributed by atoms with E-state index in [9.17, 15) is 10.1 Å². The number of aliphatic hydroxyl groups excluding tert-OH is 1. The van der Waals surface area contributed by atoms with Crippen molar-refractivity contribution < 1.29 is 10.0 Å². The fourth-order valence-electron chi connectivity index (χ4n) is 1.10. The first-order valence-electron chi connectivity index (χ1n) is 4.80. The maximum absolute atomic E-state index is 10.5. The van der Waals surface area contributed by atoms with Crippen LogP contribution >= 0.6 is 15.9 Å². The van der Waals surface area contributed by atoms with E-state index in [1.165, 1.54) is 12.3 Å². The number of aromatic nitrogens is 1. The second kappa shape index (κ2) is 6.39. The highest BCUT2D eigenvalue weighted by molar-refractivity contribution is 9.10. The van der Waals surface area contributed by atoms with Gasteiger partial charge >= 0.3 is 0 Å². The topological polar surface area (TPSA) is 88.3 Å². The molecule has 0 spiro atoms. The highest BCUT2D eigenvalue weighted by Crippen LogP contribution is 2.24. The molecule has 0 unspecified atom stereocenters. The summed E-state index contributed by atoms with van der Waals surface area (Å²) in [6.07, 6.45) is 2.75. The molecule has 0 aromatic carbocycles. The number of anilines is 1. The number of pyridine rings is 1. The SMILES string of the molecule is O=[N+]([O-])c1cnc(NCCCCO)c(Br)c1. The third-order valence-electron chi connectivity index (χ3n) is 1.91. The lowest BCUT2D eigenvalue weighted by molar-refractivity contribution is -0.385. The van der Waals surface area contributed by atoms with Gasteiger partial charge in [0.05, 0.1) is 9.40 Å². The normalized spacial score (nSPS) is 10.1. The third kappa shape index (κ3) is 3.74. The van der Waals surface area contributed by atoms with Crippen molar-refractivity contribution in [1.82, 2.24) is 4.98 Å². The molecule has 0 saturated carbocycles. The van der Waals surface area contributed by atoms with Gasteiger partial charge in [0.15, 0.2) is 0 Å². The molecule has 1 heterocycles. The molecular formula is C9H12BrN3O3. The molecule has 0 aliphatic carbocycles. The smallest absolute Gasteiger partial charge is 0.288 e. The first kappa shape index (κ1) is 12.9. The van der Waals surface area contributed by atoms with Crippen LogP contribution < -0.4 is 5.32 Å². The molecule has 16 heavy (non-hydrogen) atoms. The number of rotatable bonds is 6. The van der Waals surface area contributed by atoms with Gasteiger partial charge < -0.3 is 10.4 Å². The van der Waals surface area contributed by atoms with Crippen LogP contribution in [0.15, 0.2) is 16.7 Å². The van der Waals surface area contributed by atoms with Gasteiger partial charge in [-0.15, -0.1) is 0 Å². The Morgan fingerprint density at radius 3 is 2.88 bits per heavy atom.